The zero-order valence-corrected chi connectivity index (χ0v) is 15.1. The van der Waals surface area contributed by atoms with Crippen LogP contribution in [0.1, 0.15) is 38.5 Å². The Hall–Kier alpha value is -1.95. The summed E-state index contributed by atoms with van der Waals surface area (Å²) in [5.41, 5.74) is 0.721. The molecule has 0 radical (unpaired) electrons. The van der Waals surface area contributed by atoms with Gasteiger partial charge >= 0.3 is 6.03 Å². The highest BCUT2D eigenvalue weighted by atomic mass is 16.5. The fourth-order valence-corrected chi connectivity index (χ4v) is 3.55. The lowest BCUT2D eigenvalue weighted by Gasteiger charge is -2.32. The number of methoxy groups -OCH3 is 2. The van der Waals surface area contributed by atoms with Crippen molar-refractivity contribution in [1.29, 1.82) is 0 Å². The first-order valence-corrected chi connectivity index (χ1v) is 9.13. The van der Waals surface area contributed by atoms with E-state index in [0.717, 1.165) is 37.9 Å². The van der Waals surface area contributed by atoms with Crippen LogP contribution in [0.15, 0.2) is 18.2 Å². The van der Waals surface area contributed by atoms with Crippen molar-refractivity contribution in [3.8, 4) is 11.5 Å². The molecule has 2 aliphatic rings. The van der Waals surface area contributed by atoms with E-state index >= 15 is 0 Å². The van der Waals surface area contributed by atoms with E-state index in [0.29, 0.717) is 18.0 Å². The second kappa shape index (κ2) is 8.43. The second-order valence-corrected chi connectivity index (χ2v) is 6.77. The fourth-order valence-electron chi connectivity index (χ4n) is 3.55. The Morgan fingerprint density at radius 2 is 1.84 bits per heavy atom. The predicted octanol–water partition coefficient (Wildman–Crippen LogP) is 3.66. The first-order valence-electron chi connectivity index (χ1n) is 9.13. The summed E-state index contributed by atoms with van der Waals surface area (Å²) in [7, 11) is 3.33. The molecule has 1 saturated carbocycles. The van der Waals surface area contributed by atoms with Crippen molar-refractivity contribution in [3.63, 3.8) is 0 Å². The Morgan fingerprint density at radius 1 is 1.08 bits per heavy atom. The van der Waals surface area contributed by atoms with Gasteiger partial charge in [-0.3, -0.25) is 0 Å². The van der Waals surface area contributed by atoms with Gasteiger partial charge in [-0.2, -0.15) is 0 Å². The summed E-state index contributed by atoms with van der Waals surface area (Å²) >= 11 is 0. The number of amides is 2. The summed E-state index contributed by atoms with van der Waals surface area (Å²) in [4.78, 5) is 14.3. The van der Waals surface area contributed by atoms with Gasteiger partial charge in [-0.15, -0.1) is 0 Å². The average Bonchev–Trinajstić information content (AvgIpc) is 3.15. The van der Waals surface area contributed by atoms with Gasteiger partial charge in [-0.05, 0) is 50.7 Å². The average molecular weight is 348 g/mol. The van der Waals surface area contributed by atoms with Gasteiger partial charge in [0.2, 0.25) is 0 Å². The molecule has 0 aromatic heterocycles. The molecule has 3 rings (SSSR count). The third kappa shape index (κ3) is 4.57. The van der Waals surface area contributed by atoms with Gasteiger partial charge in [0.25, 0.3) is 0 Å². The van der Waals surface area contributed by atoms with E-state index in [2.05, 4.69) is 5.32 Å². The zero-order valence-electron chi connectivity index (χ0n) is 15.1. The van der Waals surface area contributed by atoms with Gasteiger partial charge in [0.1, 0.15) is 0 Å². The molecule has 1 heterocycles. The minimum Gasteiger partial charge on any atom is -0.493 e. The third-order valence-corrected chi connectivity index (χ3v) is 5.01. The number of benzene rings is 1. The summed E-state index contributed by atoms with van der Waals surface area (Å²) in [6.07, 6.45) is 6.89. The molecule has 6 nitrogen and oxygen atoms in total. The van der Waals surface area contributed by atoms with Crippen LogP contribution < -0.4 is 14.8 Å². The monoisotopic (exact) mass is 348 g/mol. The van der Waals surface area contributed by atoms with Gasteiger partial charge < -0.3 is 24.4 Å². The SMILES string of the molecule is COc1ccc(NC(=O)N2CCC[C@@H](OC)C2)cc1OC1CCCC1. The molecule has 1 atom stereocenters. The van der Waals surface area contributed by atoms with Crippen molar-refractivity contribution >= 4 is 11.7 Å². The van der Waals surface area contributed by atoms with Crippen LogP contribution in [0.3, 0.4) is 0 Å². The molecule has 1 aliphatic carbocycles. The van der Waals surface area contributed by atoms with Crippen molar-refractivity contribution in [1.82, 2.24) is 4.90 Å². The molecular weight excluding hydrogens is 320 g/mol. The van der Waals surface area contributed by atoms with Gasteiger partial charge in [0.05, 0.1) is 19.3 Å². The Kier molecular flexibility index (Phi) is 6.02. The minimum atomic E-state index is -0.0984. The molecule has 1 aliphatic heterocycles. The summed E-state index contributed by atoms with van der Waals surface area (Å²) < 4.78 is 16.9. The van der Waals surface area contributed by atoms with Gasteiger partial charge in [-0.1, -0.05) is 0 Å². The van der Waals surface area contributed by atoms with Gasteiger partial charge in [0.15, 0.2) is 11.5 Å². The number of piperidine rings is 1. The van der Waals surface area contributed by atoms with Crippen LogP contribution in [-0.2, 0) is 4.74 Å². The number of urea groups is 1. The zero-order chi connectivity index (χ0) is 17.6. The van der Waals surface area contributed by atoms with Crippen LogP contribution in [0.4, 0.5) is 10.5 Å². The van der Waals surface area contributed by atoms with Crippen molar-refractivity contribution in [2.75, 3.05) is 32.6 Å². The molecule has 1 saturated heterocycles. The maximum atomic E-state index is 12.5. The smallest absolute Gasteiger partial charge is 0.321 e. The van der Waals surface area contributed by atoms with Crippen LogP contribution in [-0.4, -0.2) is 50.4 Å². The first kappa shape index (κ1) is 17.9. The van der Waals surface area contributed by atoms with Crippen molar-refractivity contribution in [3.05, 3.63) is 18.2 Å². The van der Waals surface area contributed by atoms with E-state index in [4.69, 9.17) is 14.2 Å². The molecule has 0 spiro atoms. The van der Waals surface area contributed by atoms with E-state index in [-0.39, 0.29) is 18.2 Å². The molecule has 25 heavy (non-hydrogen) atoms. The van der Waals surface area contributed by atoms with E-state index in [1.54, 1.807) is 19.1 Å². The Balaban J connectivity index is 1.66. The standard InChI is InChI=1S/C19H28N2O4/c1-23-16-8-5-11-21(13-16)19(22)20-14-9-10-17(24-2)18(12-14)25-15-6-3-4-7-15/h9-10,12,15-16H,3-8,11,13H2,1-2H3,(H,20,22)/t16-/m1/s1. The first-order chi connectivity index (χ1) is 12.2. The van der Waals surface area contributed by atoms with E-state index in [1.165, 1.54) is 12.8 Å². The van der Waals surface area contributed by atoms with E-state index in [9.17, 15) is 4.79 Å². The maximum absolute atomic E-state index is 12.5. The Bertz CT molecular complexity index is 587. The number of likely N-dealkylation sites (tertiary alicyclic amines) is 1. The molecule has 1 aromatic carbocycles. The molecule has 2 amide bonds. The molecular formula is C19H28N2O4. The third-order valence-electron chi connectivity index (χ3n) is 5.01. The molecule has 2 fully saturated rings. The summed E-state index contributed by atoms with van der Waals surface area (Å²) in [6.45, 7) is 1.39. The van der Waals surface area contributed by atoms with Crippen LogP contribution in [0.25, 0.3) is 0 Å². The van der Waals surface area contributed by atoms with Crippen LogP contribution in [0.5, 0.6) is 11.5 Å². The Labute approximate surface area is 149 Å². The Morgan fingerprint density at radius 3 is 2.56 bits per heavy atom. The van der Waals surface area contributed by atoms with E-state index < -0.39 is 0 Å². The van der Waals surface area contributed by atoms with Crippen molar-refractivity contribution in [2.24, 2.45) is 0 Å². The number of hydrogen-bond acceptors (Lipinski definition) is 4. The molecule has 1 aromatic rings. The summed E-state index contributed by atoms with van der Waals surface area (Å²) in [5.74, 6) is 1.39. The molecule has 0 unspecified atom stereocenters. The molecule has 6 heteroatoms. The number of nitrogens with zero attached hydrogens (tertiary/aromatic N) is 1. The summed E-state index contributed by atoms with van der Waals surface area (Å²) in [6, 6.07) is 5.44. The minimum absolute atomic E-state index is 0.0984. The van der Waals surface area contributed by atoms with Crippen molar-refractivity contribution < 1.29 is 19.0 Å². The van der Waals surface area contributed by atoms with Crippen LogP contribution >= 0.6 is 0 Å². The maximum Gasteiger partial charge on any atom is 0.321 e. The number of hydrogen-bond donors (Lipinski definition) is 1. The largest absolute Gasteiger partial charge is 0.493 e. The molecule has 1 N–H and O–H groups in total. The molecule has 138 valence electrons. The van der Waals surface area contributed by atoms with Crippen LogP contribution in [0, 0.1) is 0 Å². The van der Waals surface area contributed by atoms with Gasteiger partial charge in [0, 0.05) is 32.0 Å². The van der Waals surface area contributed by atoms with E-state index in [1.807, 2.05) is 18.2 Å². The van der Waals surface area contributed by atoms with Crippen molar-refractivity contribution in [2.45, 2.75) is 50.7 Å². The lowest BCUT2D eigenvalue weighted by atomic mass is 10.1. The normalized spacial score (nSPS) is 21.2. The number of carbonyl (C=O) groups is 1. The molecule has 0 bridgehead atoms. The lowest BCUT2D eigenvalue weighted by Crippen LogP contribution is -2.44. The number of anilines is 1. The van der Waals surface area contributed by atoms with Gasteiger partial charge in [-0.25, -0.2) is 4.79 Å². The number of ether oxygens (including phenoxy) is 3. The number of nitrogens with one attached hydrogen (secondary N) is 1. The highest BCUT2D eigenvalue weighted by Gasteiger charge is 2.24. The quantitative estimate of drug-likeness (QED) is 0.882. The highest BCUT2D eigenvalue weighted by Crippen LogP contribution is 2.34. The highest BCUT2D eigenvalue weighted by molar-refractivity contribution is 5.89. The predicted molar refractivity (Wildman–Crippen MR) is 96.5 cm³/mol. The number of rotatable bonds is 5. The lowest BCUT2D eigenvalue weighted by molar-refractivity contribution is 0.0458. The fraction of sp³-hybridized carbons (Fsp3) is 0.632. The summed E-state index contributed by atoms with van der Waals surface area (Å²) in [5, 5.41) is 2.97. The van der Waals surface area contributed by atoms with Crippen LogP contribution in [0.2, 0.25) is 0 Å². The second-order valence-electron chi connectivity index (χ2n) is 6.77. The number of carbonyl (C=O) groups excluding carboxylic acids is 1. The topological polar surface area (TPSA) is 60.0 Å².